The Bertz CT molecular complexity index is 592. The number of carbonyl (C=O) groups excluding carboxylic acids is 1. The van der Waals surface area contributed by atoms with Crippen LogP contribution in [-0.4, -0.2) is 26.3 Å². The molecule has 142 valence electrons. The molecule has 0 saturated heterocycles. The summed E-state index contributed by atoms with van der Waals surface area (Å²) >= 11 is 0. The van der Waals surface area contributed by atoms with Crippen molar-refractivity contribution in [2.24, 2.45) is 0 Å². The molecule has 1 N–H and O–H groups in total. The second-order valence-corrected chi connectivity index (χ2v) is 9.03. The SMILES string of the molecule is CCCCCC[C@H](CCCS(=O)(=O)Cl)NC(=O)OCc1ccccc1. The Kier molecular flexibility index (Phi) is 10.6. The first-order valence-electron chi connectivity index (χ1n) is 8.80. The topological polar surface area (TPSA) is 72.5 Å². The van der Waals surface area contributed by atoms with Crippen LogP contribution in [0.25, 0.3) is 0 Å². The summed E-state index contributed by atoms with van der Waals surface area (Å²) in [6, 6.07) is 9.36. The third-order valence-corrected chi connectivity index (χ3v) is 5.12. The Hall–Kier alpha value is -1.27. The van der Waals surface area contributed by atoms with E-state index in [-0.39, 0.29) is 18.4 Å². The number of alkyl carbamates (subject to hydrolysis) is 1. The zero-order chi connectivity index (χ0) is 18.5. The third-order valence-electron chi connectivity index (χ3n) is 3.88. The summed E-state index contributed by atoms with van der Waals surface area (Å²) in [5.41, 5.74) is 0.922. The summed E-state index contributed by atoms with van der Waals surface area (Å²) < 4.78 is 27.3. The number of unbranched alkanes of at least 4 members (excludes halogenated alkanes) is 3. The van der Waals surface area contributed by atoms with E-state index in [9.17, 15) is 13.2 Å². The van der Waals surface area contributed by atoms with Gasteiger partial charge in [-0.2, -0.15) is 0 Å². The molecule has 1 rings (SSSR count). The second-order valence-electron chi connectivity index (χ2n) is 6.14. The highest BCUT2D eigenvalue weighted by atomic mass is 35.7. The smallest absolute Gasteiger partial charge is 0.407 e. The van der Waals surface area contributed by atoms with Gasteiger partial charge in [-0.05, 0) is 24.8 Å². The van der Waals surface area contributed by atoms with E-state index in [0.717, 1.165) is 37.7 Å². The van der Waals surface area contributed by atoms with Crippen molar-refractivity contribution >= 4 is 25.8 Å². The van der Waals surface area contributed by atoms with Gasteiger partial charge in [0.05, 0.1) is 5.75 Å². The minimum Gasteiger partial charge on any atom is -0.445 e. The van der Waals surface area contributed by atoms with Crippen LogP contribution in [0.15, 0.2) is 30.3 Å². The summed E-state index contributed by atoms with van der Waals surface area (Å²) in [6.07, 6.45) is 5.71. The predicted molar refractivity (Wildman–Crippen MR) is 101 cm³/mol. The molecule has 0 aliphatic carbocycles. The van der Waals surface area contributed by atoms with Gasteiger partial charge in [-0.25, -0.2) is 13.2 Å². The Morgan fingerprint density at radius 3 is 2.44 bits per heavy atom. The van der Waals surface area contributed by atoms with Crippen molar-refractivity contribution in [1.29, 1.82) is 0 Å². The van der Waals surface area contributed by atoms with E-state index in [2.05, 4.69) is 12.2 Å². The summed E-state index contributed by atoms with van der Waals surface area (Å²) in [5, 5.41) is 2.85. The lowest BCUT2D eigenvalue weighted by Crippen LogP contribution is -2.35. The van der Waals surface area contributed by atoms with Gasteiger partial charge < -0.3 is 10.1 Å². The molecule has 7 heteroatoms. The molecule has 0 spiro atoms. The maximum atomic E-state index is 12.0. The first kappa shape index (κ1) is 21.8. The van der Waals surface area contributed by atoms with Gasteiger partial charge in [-0.15, -0.1) is 0 Å². The van der Waals surface area contributed by atoms with Crippen molar-refractivity contribution in [2.75, 3.05) is 5.75 Å². The molecule has 0 aliphatic heterocycles. The van der Waals surface area contributed by atoms with Gasteiger partial charge in [0.2, 0.25) is 9.05 Å². The normalized spacial score (nSPS) is 12.6. The quantitative estimate of drug-likeness (QED) is 0.418. The standard InChI is InChI=1S/C18H28ClNO4S/c1-2-3-4-8-12-17(13-9-14-25(19,22)23)20-18(21)24-15-16-10-6-5-7-11-16/h5-7,10-11,17H,2-4,8-9,12-15H2,1H3,(H,20,21)/t17-/m1/s1. The van der Waals surface area contributed by atoms with Crippen LogP contribution in [0.1, 0.15) is 57.4 Å². The fourth-order valence-electron chi connectivity index (χ4n) is 2.54. The summed E-state index contributed by atoms with van der Waals surface area (Å²) in [4.78, 5) is 12.0. The number of rotatable bonds is 12. The van der Waals surface area contributed by atoms with Crippen LogP contribution in [0, 0.1) is 0 Å². The molecule has 0 unspecified atom stereocenters. The molecule has 0 aromatic heterocycles. The van der Waals surface area contributed by atoms with Crippen LogP contribution in [0.3, 0.4) is 0 Å². The first-order valence-corrected chi connectivity index (χ1v) is 11.3. The minimum absolute atomic E-state index is 0.0826. The first-order chi connectivity index (χ1) is 11.9. The van der Waals surface area contributed by atoms with Crippen LogP contribution >= 0.6 is 10.7 Å². The Morgan fingerprint density at radius 1 is 1.12 bits per heavy atom. The number of hydrogen-bond donors (Lipinski definition) is 1. The fourth-order valence-corrected chi connectivity index (χ4v) is 3.38. The minimum atomic E-state index is -3.50. The number of hydrogen-bond acceptors (Lipinski definition) is 4. The highest BCUT2D eigenvalue weighted by molar-refractivity contribution is 8.13. The van der Waals surface area contributed by atoms with Gasteiger partial charge in [-0.3, -0.25) is 0 Å². The van der Waals surface area contributed by atoms with Crippen molar-refractivity contribution in [3.63, 3.8) is 0 Å². The van der Waals surface area contributed by atoms with Gasteiger partial charge in [0.1, 0.15) is 6.61 Å². The number of halogens is 1. The number of ether oxygens (including phenoxy) is 1. The van der Waals surface area contributed by atoms with Crippen molar-refractivity contribution < 1.29 is 17.9 Å². The Morgan fingerprint density at radius 2 is 1.80 bits per heavy atom. The molecule has 0 aliphatic rings. The van der Waals surface area contributed by atoms with Crippen LogP contribution in [0.5, 0.6) is 0 Å². The number of nitrogens with one attached hydrogen (secondary N) is 1. The van der Waals surface area contributed by atoms with E-state index in [4.69, 9.17) is 15.4 Å². The molecular weight excluding hydrogens is 362 g/mol. The average Bonchev–Trinajstić information content (AvgIpc) is 2.56. The summed E-state index contributed by atoms with van der Waals surface area (Å²) in [5.74, 6) is -0.0826. The molecule has 1 aromatic rings. The lowest BCUT2D eigenvalue weighted by atomic mass is 10.0. The second kappa shape index (κ2) is 12.1. The zero-order valence-corrected chi connectivity index (χ0v) is 16.3. The Labute approximate surface area is 155 Å². The van der Waals surface area contributed by atoms with E-state index in [1.54, 1.807) is 0 Å². The van der Waals surface area contributed by atoms with E-state index < -0.39 is 15.1 Å². The van der Waals surface area contributed by atoms with E-state index in [1.165, 1.54) is 0 Å². The molecule has 1 aromatic carbocycles. The van der Waals surface area contributed by atoms with Crippen LogP contribution in [0.2, 0.25) is 0 Å². The van der Waals surface area contributed by atoms with Crippen molar-refractivity contribution in [3.8, 4) is 0 Å². The summed E-state index contributed by atoms with van der Waals surface area (Å²) in [7, 11) is 1.75. The molecule has 0 radical (unpaired) electrons. The number of carbonyl (C=O) groups is 1. The lowest BCUT2D eigenvalue weighted by molar-refractivity contribution is 0.134. The van der Waals surface area contributed by atoms with E-state index in [1.807, 2.05) is 30.3 Å². The maximum absolute atomic E-state index is 12.0. The largest absolute Gasteiger partial charge is 0.445 e. The molecule has 0 fully saturated rings. The molecule has 1 atom stereocenters. The summed E-state index contributed by atoms with van der Waals surface area (Å²) in [6.45, 7) is 2.35. The van der Waals surface area contributed by atoms with Crippen LogP contribution in [0.4, 0.5) is 4.79 Å². The molecule has 25 heavy (non-hydrogen) atoms. The van der Waals surface area contributed by atoms with E-state index in [0.29, 0.717) is 12.8 Å². The van der Waals surface area contributed by atoms with E-state index >= 15 is 0 Å². The van der Waals surface area contributed by atoms with Gasteiger partial charge in [0, 0.05) is 16.7 Å². The molecule has 0 heterocycles. The molecule has 0 bridgehead atoms. The van der Waals surface area contributed by atoms with Gasteiger partial charge >= 0.3 is 6.09 Å². The maximum Gasteiger partial charge on any atom is 0.407 e. The zero-order valence-electron chi connectivity index (χ0n) is 14.7. The molecule has 5 nitrogen and oxygen atoms in total. The fraction of sp³-hybridized carbons (Fsp3) is 0.611. The Balaban J connectivity index is 2.41. The third kappa shape index (κ3) is 11.8. The monoisotopic (exact) mass is 389 g/mol. The molecule has 0 saturated carbocycles. The lowest BCUT2D eigenvalue weighted by Gasteiger charge is -2.18. The highest BCUT2D eigenvalue weighted by Gasteiger charge is 2.15. The van der Waals surface area contributed by atoms with Gasteiger partial charge in [0.25, 0.3) is 0 Å². The van der Waals surface area contributed by atoms with Gasteiger partial charge in [0.15, 0.2) is 0 Å². The number of benzene rings is 1. The molecular formula is C18H28ClNO4S. The van der Waals surface area contributed by atoms with Crippen LogP contribution in [-0.2, 0) is 20.4 Å². The van der Waals surface area contributed by atoms with Crippen LogP contribution < -0.4 is 5.32 Å². The van der Waals surface area contributed by atoms with Gasteiger partial charge in [-0.1, -0.05) is 62.9 Å². The van der Waals surface area contributed by atoms with Crippen molar-refractivity contribution in [2.45, 2.75) is 64.5 Å². The predicted octanol–water partition coefficient (Wildman–Crippen LogP) is 4.60. The molecule has 1 amide bonds. The van der Waals surface area contributed by atoms with Crippen molar-refractivity contribution in [1.82, 2.24) is 5.32 Å². The highest BCUT2D eigenvalue weighted by Crippen LogP contribution is 2.12. The van der Waals surface area contributed by atoms with Crippen molar-refractivity contribution in [3.05, 3.63) is 35.9 Å². The average molecular weight is 390 g/mol. The number of amides is 1.